The Morgan fingerprint density at radius 1 is 1.48 bits per heavy atom. The molecule has 0 saturated carbocycles. The topological polar surface area (TPSA) is 96.6 Å². The van der Waals surface area contributed by atoms with Crippen LogP contribution in [0.5, 0.6) is 0 Å². The Labute approximate surface area is 136 Å². The quantitative estimate of drug-likeness (QED) is 0.699. The van der Waals surface area contributed by atoms with Crippen molar-refractivity contribution < 1.29 is 17.7 Å². The lowest BCUT2D eigenvalue weighted by Gasteiger charge is -2.27. The van der Waals surface area contributed by atoms with Crippen molar-refractivity contribution in [2.75, 3.05) is 31.1 Å². The summed E-state index contributed by atoms with van der Waals surface area (Å²) in [6, 6.07) is 0.0515. The van der Waals surface area contributed by atoms with Crippen molar-refractivity contribution in [2.24, 2.45) is 0 Å². The second kappa shape index (κ2) is 7.39. The zero-order valence-corrected chi connectivity index (χ0v) is 14.7. The molecule has 23 heavy (non-hydrogen) atoms. The summed E-state index contributed by atoms with van der Waals surface area (Å²) in [7, 11) is -2.96. The Balaban J connectivity index is 1.93. The van der Waals surface area contributed by atoms with E-state index in [9.17, 15) is 13.2 Å². The molecule has 1 amide bonds. The molecule has 0 N–H and O–H groups in total. The molecule has 9 heteroatoms. The summed E-state index contributed by atoms with van der Waals surface area (Å²) >= 11 is 0. The highest BCUT2D eigenvalue weighted by Crippen LogP contribution is 2.18. The summed E-state index contributed by atoms with van der Waals surface area (Å²) in [4.78, 5) is 19.9. The first kappa shape index (κ1) is 17.9. The van der Waals surface area contributed by atoms with Crippen LogP contribution >= 0.6 is 0 Å². The lowest BCUT2D eigenvalue weighted by Crippen LogP contribution is -2.41. The van der Waals surface area contributed by atoms with Gasteiger partial charge in [-0.1, -0.05) is 12.1 Å². The van der Waals surface area contributed by atoms with Gasteiger partial charge in [0.15, 0.2) is 15.7 Å². The number of hydrogen-bond donors (Lipinski definition) is 0. The number of carbonyl (C=O) groups is 1. The first-order valence-electron chi connectivity index (χ1n) is 7.80. The van der Waals surface area contributed by atoms with Gasteiger partial charge in [-0.2, -0.15) is 4.98 Å². The van der Waals surface area contributed by atoms with Gasteiger partial charge >= 0.3 is 0 Å². The van der Waals surface area contributed by atoms with E-state index in [0.717, 1.165) is 13.0 Å². The van der Waals surface area contributed by atoms with E-state index in [2.05, 4.69) is 15.0 Å². The SMILES string of the molecule is CCS(=O)(=O)CCN1CCC(N(Cc2noc(C)n2)C(C)=O)C1. The Bertz CT molecular complexity index is 643. The van der Waals surface area contributed by atoms with E-state index in [1.54, 1.807) is 18.7 Å². The first-order chi connectivity index (χ1) is 10.8. The van der Waals surface area contributed by atoms with E-state index >= 15 is 0 Å². The summed E-state index contributed by atoms with van der Waals surface area (Å²) in [6.07, 6.45) is 0.822. The van der Waals surface area contributed by atoms with Gasteiger partial charge in [0.2, 0.25) is 11.8 Å². The van der Waals surface area contributed by atoms with E-state index < -0.39 is 9.84 Å². The van der Waals surface area contributed by atoms with Gasteiger partial charge in [0.05, 0.1) is 12.3 Å². The molecule has 1 aromatic heterocycles. The number of aromatic nitrogens is 2. The zero-order chi connectivity index (χ0) is 17.0. The van der Waals surface area contributed by atoms with E-state index in [0.29, 0.717) is 31.3 Å². The highest BCUT2D eigenvalue weighted by Gasteiger charge is 2.30. The molecular formula is C14H24N4O4S. The van der Waals surface area contributed by atoms with E-state index in [1.165, 1.54) is 6.92 Å². The van der Waals surface area contributed by atoms with Gasteiger partial charge in [-0.05, 0) is 6.42 Å². The minimum absolute atomic E-state index is 0.0412. The maximum Gasteiger partial charge on any atom is 0.223 e. The smallest absolute Gasteiger partial charge is 0.223 e. The van der Waals surface area contributed by atoms with Crippen LogP contribution in [0.3, 0.4) is 0 Å². The minimum Gasteiger partial charge on any atom is -0.340 e. The molecule has 2 rings (SSSR count). The van der Waals surface area contributed by atoms with Gasteiger partial charge < -0.3 is 14.3 Å². The van der Waals surface area contributed by atoms with Gasteiger partial charge in [-0.25, -0.2) is 8.42 Å². The third-order valence-corrected chi connectivity index (χ3v) is 5.82. The average Bonchev–Trinajstić information content (AvgIpc) is 3.11. The number of amides is 1. The molecule has 0 aliphatic carbocycles. The Morgan fingerprint density at radius 3 is 2.78 bits per heavy atom. The van der Waals surface area contributed by atoms with Gasteiger partial charge in [-0.15, -0.1) is 0 Å². The molecule has 1 saturated heterocycles. The highest BCUT2D eigenvalue weighted by molar-refractivity contribution is 7.91. The molecule has 0 spiro atoms. The number of hydrogen-bond acceptors (Lipinski definition) is 7. The molecule has 1 aliphatic heterocycles. The molecule has 1 unspecified atom stereocenters. The van der Waals surface area contributed by atoms with Crippen LogP contribution in [0.1, 0.15) is 32.0 Å². The standard InChI is InChI=1S/C14H24N4O4S/c1-4-23(20,21)8-7-17-6-5-13(9-17)18(12(3)19)10-14-15-11(2)22-16-14/h13H,4-10H2,1-3H3. The third kappa shape index (κ3) is 5.00. The highest BCUT2D eigenvalue weighted by atomic mass is 32.2. The molecule has 0 radical (unpaired) electrons. The molecule has 130 valence electrons. The van der Waals surface area contributed by atoms with Crippen molar-refractivity contribution in [1.82, 2.24) is 19.9 Å². The van der Waals surface area contributed by atoms with Crippen LogP contribution in [-0.2, 0) is 21.2 Å². The minimum atomic E-state index is -2.96. The van der Waals surface area contributed by atoms with E-state index in [1.807, 2.05) is 0 Å². The fourth-order valence-electron chi connectivity index (χ4n) is 2.74. The number of sulfone groups is 1. The van der Waals surface area contributed by atoms with Crippen LogP contribution in [-0.4, -0.2) is 71.4 Å². The average molecular weight is 344 g/mol. The van der Waals surface area contributed by atoms with Crippen molar-refractivity contribution in [3.63, 3.8) is 0 Å². The summed E-state index contributed by atoms with van der Waals surface area (Å²) in [5.41, 5.74) is 0. The van der Waals surface area contributed by atoms with Crippen molar-refractivity contribution in [1.29, 1.82) is 0 Å². The zero-order valence-electron chi connectivity index (χ0n) is 13.9. The number of rotatable bonds is 7. The fourth-order valence-corrected chi connectivity index (χ4v) is 3.56. The lowest BCUT2D eigenvalue weighted by molar-refractivity contribution is -0.131. The van der Waals surface area contributed by atoms with Crippen molar-refractivity contribution >= 4 is 15.7 Å². The Hall–Kier alpha value is -1.48. The number of carbonyl (C=O) groups excluding carboxylic acids is 1. The molecule has 8 nitrogen and oxygen atoms in total. The summed E-state index contributed by atoms with van der Waals surface area (Å²) in [5, 5.41) is 3.84. The summed E-state index contributed by atoms with van der Waals surface area (Å²) in [5.74, 6) is 1.26. The normalized spacial score (nSPS) is 19.2. The lowest BCUT2D eigenvalue weighted by atomic mass is 10.2. The first-order valence-corrected chi connectivity index (χ1v) is 9.62. The van der Waals surface area contributed by atoms with E-state index in [-0.39, 0.29) is 23.5 Å². The second-order valence-electron chi connectivity index (χ2n) is 5.86. The van der Waals surface area contributed by atoms with Crippen LogP contribution in [0.15, 0.2) is 4.52 Å². The predicted octanol–water partition coefficient (Wildman–Crippen LogP) is 0.236. The van der Waals surface area contributed by atoms with Crippen LogP contribution in [0.2, 0.25) is 0 Å². The molecule has 1 aromatic rings. The monoisotopic (exact) mass is 344 g/mol. The fraction of sp³-hybridized carbons (Fsp3) is 0.786. The molecule has 2 heterocycles. The maximum atomic E-state index is 11.9. The molecule has 0 aromatic carbocycles. The Morgan fingerprint density at radius 2 is 2.22 bits per heavy atom. The van der Waals surface area contributed by atoms with Gasteiger partial charge in [0.1, 0.15) is 0 Å². The van der Waals surface area contributed by atoms with Crippen molar-refractivity contribution in [2.45, 2.75) is 39.8 Å². The van der Waals surface area contributed by atoms with Gasteiger partial charge in [-0.3, -0.25) is 4.79 Å². The van der Waals surface area contributed by atoms with Crippen LogP contribution in [0, 0.1) is 6.92 Å². The molecular weight excluding hydrogens is 320 g/mol. The number of nitrogens with zero attached hydrogens (tertiary/aromatic N) is 4. The number of likely N-dealkylation sites (tertiary alicyclic amines) is 1. The van der Waals surface area contributed by atoms with Gasteiger partial charge in [0, 0.05) is 45.3 Å². The Kier molecular flexibility index (Phi) is 5.74. The van der Waals surface area contributed by atoms with Crippen LogP contribution in [0.4, 0.5) is 0 Å². The van der Waals surface area contributed by atoms with Crippen LogP contribution in [0.25, 0.3) is 0 Å². The molecule has 1 fully saturated rings. The van der Waals surface area contributed by atoms with Crippen molar-refractivity contribution in [3.05, 3.63) is 11.7 Å². The maximum absolute atomic E-state index is 11.9. The largest absolute Gasteiger partial charge is 0.340 e. The number of aryl methyl sites for hydroxylation is 1. The molecule has 0 bridgehead atoms. The van der Waals surface area contributed by atoms with Crippen LogP contribution < -0.4 is 0 Å². The molecule has 1 aliphatic rings. The van der Waals surface area contributed by atoms with E-state index in [4.69, 9.17) is 4.52 Å². The third-order valence-electron chi connectivity index (χ3n) is 4.13. The predicted molar refractivity (Wildman–Crippen MR) is 84.4 cm³/mol. The summed E-state index contributed by atoms with van der Waals surface area (Å²) in [6.45, 7) is 7.19. The second-order valence-corrected chi connectivity index (χ2v) is 8.33. The summed E-state index contributed by atoms with van der Waals surface area (Å²) < 4.78 is 28.2. The van der Waals surface area contributed by atoms with Crippen molar-refractivity contribution in [3.8, 4) is 0 Å². The molecule has 1 atom stereocenters. The van der Waals surface area contributed by atoms with Gasteiger partial charge in [0.25, 0.3) is 0 Å².